The minimum Gasteiger partial charge on any atom is -0.460 e. The highest BCUT2D eigenvalue weighted by Gasteiger charge is 2.38. The molecule has 1 fully saturated rings. The number of ether oxygens (including phenoxy) is 2. The Hall–Kier alpha value is -4.32. The van der Waals surface area contributed by atoms with Crippen LogP contribution in [0.15, 0.2) is 36.4 Å². The zero-order valence-electron chi connectivity index (χ0n) is 28.5. The average Bonchev–Trinajstić information content (AvgIpc) is 2.99. The van der Waals surface area contributed by atoms with E-state index in [9.17, 15) is 24.0 Å². The van der Waals surface area contributed by atoms with Gasteiger partial charge in [0.2, 0.25) is 11.8 Å². The summed E-state index contributed by atoms with van der Waals surface area (Å²) in [6.45, 7) is 14.1. The number of hydrazine groups is 1. The molecular weight excluding hydrogens is 602 g/mol. The van der Waals surface area contributed by atoms with Crippen molar-refractivity contribution in [1.82, 2.24) is 26.1 Å². The van der Waals surface area contributed by atoms with Crippen LogP contribution in [0, 0.1) is 11.3 Å². The van der Waals surface area contributed by atoms with Crippen molar-refractivity contribution in [3.05, 3.63) is 47.7 Å². The predicted octanol–water partition coefficient (Wildman–Crippen LogP) is 3.75. The number of cyclic esters (lactones) is 1. The lowest BCUT2D eigenvalue weighted by Crippen LogP contribution is -2.62. The third-order valence-electron chi connectivity index (χ3n) is 8.10. The van der Waals surface area contributed by atoms with Gasteiger partial charge in [0.1, 0.15) is 29.8 Å². The SMILES string of the molecule is CC(C)[C@@H]1NC(=O)C(C)(C)/C=C/c2ccc3ccc(nc3c2)[C@@H](C)OC(=O)[C@@H]2CCCN(N2)C(=O)[C@H](CC(=O)OC(C)(C)C)NC1=O. The Balaban J connectivity index is 1.73. The van der Waals surface area contributed by atoms with Crippen molar-refractivity contribution in [3.8, 4) is 0 Å². The van der Waals surface area contributed by atoms with Gasteiger partial charge >= 0.3 is 11.9 Å². The summed E-state index contributed by atoms with van der Waals surface area (Å²) < 4.78 is 11.3. The molecule has 4 atom stereocenters. The third kappa shape index (κ3) is 9.15. The fourth-order valence-electron chi connectivity index (χ4n) is 5.35. The molecule has 47 heavy (non-hydrogen) atoms. The van der Waals surface area contributed by atoms with Crippen LogP contribution in [-0.2, 0) is 33.4 Å². The summed E-state index contributed by atoms with van der Waals surface area (Å²) in [7, 11) is 0. The van der Waals surface area contributed by atoms with Crippen LogP contribution in [0.1, 0.15) is 92.0 Å². The number of rotatable bonds is 3. The van der Waals surface area contributed by atoms with Crippen molar-refractivity contribution in [2.24, 2.45) is 11.3 Å². The highest BCUT2D eigenvalue weighted by atomic mass is 16.6. The lowest BCUT2D eigenvalue weighted by atomic mass is 9.89. The molecule has 3 N–H and O–H groups in total. The van der Waals surface area contributed by atoms with E-state index in [0.717, 1.165) is 10.9 Å². The van der Waals surface area contributed by atoms with E-state index < -0.39 is 71.3 Å². The first-order chi connectivity index (χ1) is 21.9. The van der Waals surface area contributed by atoms with Gasteiger partial charge in [-0.1, -0.05) is 44.2 Å². The summed E-state index contributed by atoms with van der Waals surface area (Å²) in [6.07, 6.45) is 3.33. The van der Waals surface area contributed by atoms with E-state index in [1.54, 1.807) is 67.5 Å². The van der Waals surface area contributed by atoms with Gasteiger partial charge in [-0.3, -0.25) is 29.0 Å². The number of esters is 2. The van der Waals surface area contributed by atoms with Gasteiger partial charge in [0.25, 0.3) is 5.91 Å². The number of nitrogens with zero attached hydrogens (tertiary/aromatic N) is 2. The quantitative estimate of drug-likeness (QED) is 0.422. The summed E-state index contributed by atoms with van der Waals surface area (Å²) in [5, 5.41) is 7.68. The Morgan fingerprint density at radius 1 is 1.11 bits per heavy atom. The molecule has 0 aliphatic carbocycles. The first-order valence-electron chi connectivity index (χ1n) is 16.1. The van der Waals surface area contributed by atoms with Gasteiger partial charge in [-0.15, -0.1) is 0 Å². The fourth-order valence-corrected chi connectivity index (χ4v) is 5.35. The van der Waals surface area contributed by atoms with Gasteiger partial charge in [0.05, 0.1) is 23.0 Å². The summed E-state index contributed by atoms with van der Waals surface area (Å²) >= 11 is 0. The van der Waals surface area contributed by atoms with Gasteiger partial charge in [-0.25, -0.2) is 10.4 Å². The number of carbonyl (C=O) groups is 5. The normalized spacial score (nSPS) is 25.2. The Bertz CT molecular complexity index is 1560. The molecule has 2 aromatic rings. The highest BCUT2D eigenvalue weighted by Crippen LogP contribution is 2.25. The second-order valence-electron chi connectivity index (χ2n) is 14.2. The van der Waals surface area contributed by atoms with Crippen molar-refractivity contribution in [2.75, 3.05) is 6.54 Å². The number of amides is 3. The monoisotopic (exact) mass is 649 g/mol. The van der Waals surface area contributed by atoms with Crippen LogP contribution in [-0.4, -0.2) is 69.9 Å². The average molecular weight is 650 g/mol. The van der Waals surface area contributed by atoms with E-state index in [1.165, 1.54) is 5.01 Å². The minimum atomic E-state index is -1.33. The molecule has 5 bridgehead atoms. The first-order valence-corrected chi connectivity index (χ1v) is 16.1. The summed E-state index contributed by atoms with van der Waals surface area (Å²) in [5.41, 5.74) is 3.17. The second-order valence-corrected chi connectivity index (χ2v) is 14.2. The minimum absolute atomic E-state index is 0.234. The zero-order chi connectivity index (χ0) is 34.7. The van der Waals surface area contributed by atoms with Gasteiger partial charge in [-0.05, 0) is 78.0 Å². The van der Waals surface area contributed by atoms with Gasteiger partial charge in [0.15, 0.2) is 0 Å². The Kier molecular flexibility index (Phi) is 10.7. The van der Waals surface area contributed by atoms with E-state index in [4.69, 9.17) is 14.5 Å². The number of benzene rings is 1. The first kappa shape index (κ1) is 35.5. The Morgan fingerprint density at radius 3 is 2.49 bits per heavy atom. The summed E-state index contributed by atoms with van der Waals surface area (Å²) in [5.74, 6) is -3.24. The molecule has 4 rings (SSSR count). The van der Waals surface area contributed by atoms with Gasteiger partial charge < -0.3 is 20.1 Å². The number of hydrogen-bond donors (Lipinski definition) is 3. The third-order valence-corrected chi connectivity index (χ3v) is 8.10. The fraction of sp³-hybridized carbons (Fsp3) is 0.543. The predicted molar refractivity (Wildman–Crippen MR) is 176 cm³/mol. The number of nitrogens with one attached hydrogen (secondary N) is 3. The maximum Gasteiger partial charge on any atom is 0.325 e. The molecule has 3 heterocycles. The topological polar surface area (TPSA) is 156 Å². The molecule has 1 aromatic carbocycles. The van der Waals surface area contributed by atoms with Crippen LogP contribution in [0.5, 0.6) is 0 Å². The molecule has 2 aliphatic rings. The number of aromatic nitrogens is 1. The van der Waals surface area contributed by atoms with Crippen molar-refractivity contribution in [3.63, 3.8) is 0 Å². The molecule has 1 aromatic heterocycles. The summed E-state index contributed by atoms with van der Waals surface area (Å²) in [6, 6.07) is 6.25. The molecule has 0 radical (unpaired) electrons. The van der Waals surface area contributed by atoms with Crippen molar-refractivity contribution in [1.29, 1.82) is 0 Å². The molecule has 12 nitrogen and oxygen atoms in total. The molecule has 2 aliphatic heterocycles. The molecule has 254 valence electrons. The van der Waals surface area contributed by atoms with Gasteiger partial charge in [0, 0.05) is 11.9 Å². The highest BCUT2D eigenvalue weighted by molar-refractivity contribution is 5.95. The maximum atomic E-state index is 13.9. The van der Waals surface area contributed by atoms with E-state index in [-0.39, 0.29) is 12.5 Å². The molecule has 3 amide bonds. The van der Waals surface area contributed by atoms with Crippen molar-refractivity contribution >= 4 is 46.6 Å². The summed E-state index contributed by atoms with van der Waals surface area (Å²) in [4.78, 5) is 72.1. The smallest absolute Gasteiger partial charge is 0.325 e. The van der Waals surface area contributed by atoms with Crippen LogP contribution >= 0.6 is 0 Å². The molecule has 12 heteroatoms. The van der Waals surface area contributed by atoms with Crippen LogP contribution in [0.25, 0.3) is 17.0 Å². The van der Waals surface area contributed by atoms with E-state index >= 15 is 0 Å². The lowest BCUT2D eigenvalue weighted by molar-refractivity contribution is -0.161. The molecule has 0 unspecified atom stereocenters. The number of hydrogen-bond acceptors (Lipinski definition) is 9. The van der Waals surface area contributed by atoms with Gasteiger partial charge in [-0.2, -0.15) is 0 Å². The standard InChI is InChI=1S/C35H47N5O7/c1-20(2)29-30(42)37-27(19-28(41)47-34(4,5)6)31(43)40-17-9-10-25(39-40)32(44)46-21(3)24-14-13-23-12-11-22(18-26(23)36-24)15-16-35(7,8)33(45)38-29/h11-16,18,20-21,25,27,29,39H,9-10,17,19H2,1-8H3,(H,37,42)(H,38,45)/b16-15+/t21-,25+,27+,29+/m1/s1. The van der Waals surface area contributed by atoms with E-state index in [0.29, 0.717) is 24.1 Å². The van der Waals surface area contributed by atoms with Crippen LogP contribution in [0.3, 0.4) is 0 Å². The molecule has 0 saturated carbocycles. The molecular formula is C35H47N5O7. The largest absolute Gasteiger partial charge is 0.460 e. The zero-order valence-corrected chi connectivity index (χ0v) is 28.5. The Morgan fingerprint density at radius 2 is 1.81 bits per heavy atom. The van der Waals surface area contributed by atoms with Crippen LogP contribution < -0.4 is 16.1 Å². The number of pyridine rings is 1. The van der Waals surface area contributed by atoms with Crippen molar-refractivity contribution in [2.45, 2.75) is 104 Å². The molecule has 1 saturated heterocycles. The number of carbonyl (C=O) groups excluding carboxylic acids is 5. The lowest BCUT2D eigenvalue weighted by Gasteiger charge is -2.36. The van der Waals surface area contributed by atoms with Crippen LogP contribution in [0.4, 0.5) is 0 Å². The molecule has 0 spiro atoms. The van der Waals surface area contributed by atoms with Crippen molar-refractivity contribution < 1.29 is 33.4 Å². The van der Waals surface area contributed by atoms with E-state index in [2.05, 4.69) is 16.1 Å². The van der Waals surface area contributed by atoms with Crippen LogP contribution in [0.2, 0.25) is 0 Å². The second kappa shape index (κ2) is 14.2. The maximum absolute atomic E-state index is 13.9. The Labute approximate surface area is 276 Å². The number of fused-ring (bicyclic) bond motifs is 4. The van der Waals surface area contributed by atoms with E-state index in [1.807, 2.05) is 30.3 Å².